The highest BCUT2D eigenvalue weighted by molar-refractivity contribution is 7.90. The summed E-state index contributed by atoms with van der Waals surface area (Å²) < 4.78 is 47.3. The maximum absolute atomic E-state index is 13.3. The van der Waals surface area contributed by atoms with Crippen LogP contribution < -0.4 is 0 Å². The number of aromatic nitrogens is 2. The maximum Gasteiger partial charge on any atom is 0.264 e. The molecule has 0 radical (unpaired) electrons. The molecule has 4 rings (SSSR count). The SMILES string of the molecule is C=CCN(Cc1cnc(S(=O)(=O)Cc2ccc(F)cc2)n1C[C@@H]1CCCO1)C(=O)c1cccs1. The lowest BCUT2D eigenvalue weighted by Crippen LogP contribution is -2.32. The van der Waals surface area contributed by atoms with E-state index in [4.69, 9.17) is 4.74 Å². The van der Waals surface area contributed by atoms with Crippen LogP contribution in [0.2, 0.25) is 0 Å². The van der Waals surface area contributed by atoms with Gasteiger partial charge in [-0.05, 0) is 42.0 Å². The van der Waals surface area contributed by atoms with E-state index >= 15 is 0 Å². The number of carbonyl (C=O) groups is 1. The molecule has 1 aliphatic rings. The molecule has 3 aromatic rings. The van der Waals surface area contributed by atoms with Crippen LogP contribution in [0.5, 0.6) is 0 Å². The van der Waals surface area contributed by atoms with Crippen molar-refractivity contribution in [3.05, 3.63) is 82.6 Å². The average molecular weight is 504 g/mol. The zero-order valence-corrected chi connectivity index (χ0v) is 20.2. The monoisotopic (exact) mass is 503 g/mol. The summed E-state index contributed by atoms with van der Waals surface area (Å²) in [6.45, 7) is 5.19. The Morgan fingerprint density at radius 3 is 2.76 bits per heavy atom. The molecule has 0 N–H and O–H groups in total. The zero-order valence-electron chi connectivity index (χ0n) is 18.6. The number of halogens is 1. The summed E-state index contributed by atoms with van der Waals surface area (Å²) in [6, 6.07) is 8.94. The number of ether oxygens (including phenoxy) is 1. The summed E-state index contributed by atoms with van der Waals surface area (Å²) in [5.74, 6) is -0.892. The lowest BCUT2D eigenvalue weighted by molar-refractivity contribution is 0.0756. The summed E-state index contributed by atoms with van der Waals surface area (Å²) >= 11 is 1.35. The van der Waals surface area contributed by atoms with Gasteiger partial charge in [0.05, 0.1) is 41.7 Å². The van der Waals surface area contributed by atoms with Crippen molar-refractivity contribution in [3.8, 4) is 0 Å². The molecule has 1 fully saturated rings. The Bertz CT molecular complexity index is 1230. The van der Waals surface area contributed by atoms with Crippen molar-refractivity contribution in [2.75, 3.05) is 13.2 Å². The van der Waals surface area contributed by atoms with Gasteiger partial charge in [-0.15, -0.1) is 17.9 Å². The molecule has 1 aliphatic heterocycles. The summed E-state index contributed by atoms with van der Waals surface area (Å²) in [5, 5.41) is 1.76. The fourth-order valence-corrected chi connectivity index (χ4v) is 6.14. The number of rotatable bonds is 10. The summed E-state index contributed by atoms with van der Waals surface area (Å²) in [7, 11) is -3.84. The Morgan fingerprint density at radius 2 is 2.12 bits per heavy atom. The van der Waals surface area contributed by atoms with Crippen LogP contribution in [0.4, 0.5) is 4.39 Å². The van der Waals surface area contributed by atoms with Gasteiger partial charge in [0.1, 0.15) is 5.82 Å². The van der Waals surface area contributed by atoms with E-state index in [0.29, 0.717) is 35.8 Å². The van der Waals surface area contributed by atoms with Crippen molar-refractivity contribution in [3.63, 3.8) is 0 Å². The molecule has 2 aromatic heterocycles. The summed E-state index contributed by atoms with van der Waals surface area (Å²) in [4.78, 5) is 19.5. The van der Waals surface area contributed by atoms with Gasteiger partial charge in [0.25, 0.3) is 5.91 Å². The molecule has 34 heavy (non-hydrogen) atoms. The number of benzene rings is 1. The quantitative estimate of drug-likeness (QED) is 0.390. The van der Waals surface area contributed by atoms with Gasteiger partial charge >= 0.3 is 0 Å². The number of sulfone groups is 1. The highest BCUT2D eigenvalue weighted by atomic mass is 32.2. The predicted molar refractivity (Wildman–Crippen MR) is 128 cm³/mol. The first-order chi connectivity index (χ1) is 16.4. The van der Waals surface area contributed by atoms with E-state index in [2.05, 4.69) is 11.6 Å². The van der Waals surface area contributed by atoms with Crippen LogP contribution in [0.3, 0.4) is 0 Å². The van der Waals surface area contributed by atoms with E-state index in [9.17, 15) is 17.6 Å². The minimum Gasteiger partial charge on any atom is -0.376 e. The van der Waals surface area contributed by atoms with Gasteiger partial charge in [-0.2, -0.15) is 0 Å². The van der Waals surface area contributed by atoms with E-state index in [1.54, 1.807) is 21.6 Å². The first-order valence-electron chi connectivity index (χ1n) is 10.9. The van der Waals surface area contributed by atoms with Crippen LogP contribution in [0.15, 0.2) is 65.8 Å². The number of hydrogen-bond acceptors (Lipinski definition) is 6. The number of hydrogen-bond donors (Lipinski definition) is 0. The van der Waals surface area contributed by atoms with Gasteiger partial charge in [0.15, 0.2) is 0 Å². The zero-order chi connectivity index (χ0) is 24.1. The van der Waals surface area contributed by atoms with Crippen molar-refractivity contribution in [2.24, 2.45) is 0 Å². The molecule has 7 nitrogen and oxygen atoms in total. The number of amides is 1. The number of nitrogens with zero attached hydrogens (tertiary/aromatic N) is 3. The van der Waals surface area contributed by atoms with E-state index in [1.807, 2.05) is 11.4 Å². The molecule has 180 valence electrons. The number of imidazole rings is 1. The standard InChI is InChI=1S/C24H26FN3O4S2/c1-2-11-27(23(29)22-6-4-13-33-22)15-20-14-26-24(28(20)16-21-5-3-12-32-21)34(30,31)17-18-7-9-19(25)10-8-18/h2,4,6-10,13-14,21H,1,3,5,11-12,15-17H2/t21-/m0/s1. The van der Waals surface area contributed by atoms with Crippen molar-refractivity contribution < 1.29 is 22.3 Å². The third-order valence-electron chi connectivity index (χ3n) is 5.58. The average Bonchev–Trinajstić information content (AvgIpc) is 3.58. The van der Waals surface area contributed by atoms with Crippen molar-refractivity contribution in [2.45, 2.75) is 42.9 Å². The minimum atomic E-state index is -3.84. The second-order valence-electron chi connectivity index (χ2n) is 8.11. The molecule has 1 saturated heterocycles. The molecular formula is C24H26FN3O4S2. The van der Waals surface area contributed by atoms with Crippen LogP contribution in [-0.4, -0.2) is 48.0 Å². The molecule has 0 bridgehead atoms. The van der Waals surface area contributed by atoms with Crippen LogP contribution in [0, 0.1) is 5.82 Å². The lowest BCUT2D eigenvalue weighted by Gasteiger charge is -2.22. The predicted octanol–water partition coefficient (Wildman–Crippen LogP) is 4.07. The van der Waals surface area contributed by atoms with E-state index < -0.39 is 15.7 Å². The van der Waals surface area contributed by atoms with Crippen LogP contribution in [-0.2, 0) is 33.4 Å². The lowest BCUT2D eigenvalue weighted by atomic mass is 10.2. The molecule has 0 spiro atoms. The number of thiophene rings is 1. The Balaban J connectivity index is 1.66. The van der Waals surface area contributed by atoms with Gasteiger partial charge in [-0.3, -0.25) is 4.79 Å². The fraction of sp³-hybridized carbons (Fsp3) is 0.333. The maximum atomic E-state index is 13.3. The van der Waals surface area contributed by atoms with Crippen LogP contribution in [0.1, 0.15) is 33.8 Å². The molecule has 1 amide bonds. The van der Waals surface area contributed by atoms with Crippen molar-refractivity contribution >= 4 is 27.1 Å². The van der Waals surface area contributed by atoms with Crippen LogP contribution in [0.25, 0.3) is 0 Å². The van der Waals surface area contributed by atoms with E-state index in [-0.39, 0.29) is 29.5 Å². The first kappa shape index (κ1) is 24.3. The highest BCUT2D eigenvalue weighted by Gasteiger charge is 2.28. The Labute approximate surface area is 202 Å². The van der Waals surface area contributed by atoms with Crippen LogP contribution >= 0.6 is 11.3 Å². The van der Waals surface area contributed by atoms with Gasteiger partial charge < -0.3 is 14.2 Å². The first-order valence-corrected chi connectivity index (χ1v) is 13.5. The summed E-state index contributed by atoms with van der Waals surface area (Å²) in [5.41, 5.74) is 1.07. The Kier molecular flexibility index (Phi) is 7.60. The Morgan fingerprint density at radius 1 is 1.32 bits per heavy atom. The molecule has 1 atom stereocenters. The molecular weight excluding hydrogens is 477 g/mol. The number of carbonyl (C=O) groups excluding carboxylic acids is 1. The normalized spacial score (nSPS) is 16.0. The van der Waals surface area contributed by atoms with Gasteiger partial charge in [-0.25, -0.2) is 17.8 Å². The van der Waals surface area contributed by atoms with E-state index in [0.717, 1.165) is 12.8 Å². The second kappa shape index (κ2) is 10.6. The third kappa shape index (κ3) is 5.63. The molecule has 0 saturated carbocycles. The Hall–Kier alpha value is -2.82. The molecule has 0 unspecified atom stereocenters. The topological polar surface area (TPSA) is 81.5 Å². The van der Waals surface area contributed by atoms with Crippen molar-refractivity contribution in [1.82, 2.24) is 14.5 Å². The second-order valence-corrected chi connectivity index (χ2v) is 10.9. The van der Waals surface area contributed by atoms with Crippen molar-refractivity contribution in [1.29, 1.82) is 0 Å². The molecule has 0 aliphatic carbocycles. The molecule has 10 heteroatoms. The largest absolute Gasteiger partial charge is 0.376 e. The molecule has 1 aromatic carbocycles. The third-order valence-corrected chi connectivity index (χ3v) is 8.03. The minimum absolute atomic E-state index is 0.0792. The smallest absolute Gasteiger partial charge is 0.264 e. The van der Waals surface area contributed by atoms with Gasteiger partial charge in [0.2, 0.25) is 15.0 Å². The van der Waals surface area contributed by atoms with E-state index in [1.165, 1.54) is 41.8 Å². The molecule has 3 heterocycles. The summed E-state index contributed by atoms with van der Waals surface area (Å²) in [6.07, 6.45) is 4.74. The highest BCUT2D eigenvalue weighted by Crippen LogP contribution is 2.23. The fourth-order valence-electron chi connectivity index (χ4n) is 3.94. The van der Waals surface area contributed by atoms with Gasteiger partial charge in [-0.1, -0.05) is 24.3 Å². The van der Waals surface area contributed by atoms with Gasteiger partial charge in [0, 0.05) is 13.2 Å².